The zero-order valence-electron chi connectivity index (χ0n) is 26.0. The molecule has 4 aromatic rings. The quantitative estimate of drug-likeness (QED) is 0.245. The molecule has 0 spiro atoms. The summed E-state index contributed by atoms with van der Waals surface area (Å²) >= 11 is 0. The van der Waals surface area contributed by atoms with E-state index in [2.05, 4.69) is 87.2 Å². The Hall–Kier alpha value is -3.88. The number of amides is 1. The molecule has 2 unspecified atom stereocenters. The Labute approximate surface area is 261 Å². The second-order valence-electron chi connectivity index (χ2n) is 12.3. The number of carbonyl (C=O) groups is 1. The number of hydrogen-bond acceptors (Lipinski definition) is 6. The van der Waals surface area contributed by atoms with Crippen LogP contribution in [0.5, 0.6) is 0 Å². The Morgan fingerprint density at radius 3 is 2.32 bits per heavy atom. The van der Waals surface area contributed by atoms with Crippen molar-refractivity contribution in [2.45, 2.75) is 50.6 Å². The highest BCUT2D eigenvalue weighted by molar-refractivity contribution is 5.78. The summed E-state index contributed by atoms with van der Waals surface area (Å²) in [6.07, 6.45) is 4.01. The fourth-order valence-corrected chi connectivity index (χ4v) is 6.86. The molecule has 2 saturated heterocycles. The Kier molecular flexibility index (Phi) is 9.78. The lowest BCUT2D eigenvalue weighted by molar-refractivity contribution is -0.132. The first-order chi connectivity index (χ1) is 21.6. The average molecular weight is 595 g/mol. The highest BCUT2D eigenvalue weighted by atomic mass is 16.5. The number of fused-ring (bicyclic) bond motifs is 1. The first-order valence-corrected chi connectivity index (χ1v) is 16.2. The molecular formula is C36H46N6O2. The van der Waals surface area contributed by atoms with Gasteiger partial charge in [0.2, 0.25) is 5.91 Å². The number of nitrogens with zero attached hydrogens (tertiary/aromatic N) is 5. The van der Waals surface area contributed by atoms with Crippen LogP contribution in [0, 0.1) is 0 Å². The van der Waals surface area contributed by atoms with Gasteiger partial charge in [0.25, 0.3) is 0 Å². The van der Waals surface area contributed by atoms with Crippen LogP contribution >= 0.6 is 0 Å². The van der Waals surface area contributed by atoms with Crippen molar-refractivity contribution < 1.29 is 9.53 Å². The summed E-state index contributed by atoms with van der Waals surface area (Å²) in [5.74, 6) is 1.46. The van der Waals surface area contributed by atoms with Crippen LogP contribution in [0.2, 0.25) is 0 Å². The molecule has 6 rings (SSSR count). The van der Waals surface area contributed by atoms with Crippen LogP contribution in [0.25, 0.3) is 11.0 Å². The minimum atomic E-state index is -0.207. The third kappa shape index (κ3) is 7.08. The third-order valence-corrected chi connectivity index (χ3v) is 9.19. The first kappa shape index (κ1) is 30.2. The second kappa shape index (κ2) is 14.3. The van der Waals surface area contributed by atoms with Crippen molar-refractivity contribution in [1.29, 1.82) is 0 Å². The van der Waals surface area contributed by atoms with Crippen molar-refractivity contribution in [3.63, 3.8) is 0 Å². The number of aromatic nitrogens is 2. The fourth-order valence-electron chi connectivity index (χ4n) is 6.86. The molecule has 3 heterocycles. The number of ether oxygens (including phenoxy) is 1. The van der Waals surface area contributed by atoms with E-state index < -0.39 is 0 Å². The molecule has 3 aromatic carbocycles. The molecule has 1 aromatic heterocycles. The number of aryl methyl sites for hydroxylation is 1. The standard InChI is InChI=1S/C36H46N6O2/c1-44-24-8-19-42-34-13-6-5-12-33(34)38-36(42)29-9-7-18-41(27-29)35(43)26-30(37)25-28-14-16-32(17-15-28)40-22-20-39(21-23-40)31-10-3-2-4-11-31/h2-6,10-17,29-30H,7-9,18-27,37H2,1H3. The van der Waals surface area contributed by atoms with Crippen LogP contribution in [0.1, 0.15) is 43.0 Å². The summed E-state index contributed by atoms with van der Waals surface area (Å²) in [7, 11) is 1.74. The number of methoxy groups -OCH3 is 1. The number of anilines is 2. The van der Waals surface area contributed by atoms with Gasteiger partial charge >= 0.3 is 0 Å². The van der Waals surface area contributed by atoms with Crippen molar-refractivity contribution in [2.24, 2.45) is 5.73 Å². The molecule has 2 atom stereocenters. The van der Waals surface area contributed by atoms with Gasteiger partial charge in [-0.1, -0.05) is 42.5 Å². The van der Waals surface area contributed by atoms with Crippen LogP contribution in [0.4, 0.5) is 11.4 Å². The minimum Gasteiger partial charge on any atom is -0.385 e. The average Bonchev–Trinajstić information content (AvgIpc) is 3.44. The van der Waals surface area contributed by atoms with E-state index in [9.17, 15) is 4.79 Å². The predicted molar refractivity (Wildman–Crippen MR) is 178 cm³/mol. The van der Waals surface area contributed by atoms with Crippen LogP contribution < -0.4 is 15.5 Å². The van der Waals surface area contributed by atoms with Gasteiger partial charge in [-0.3, -0.25) is 4.79 Å². The van der Waals surface area contributed by atoms with Crippen molar-refractivity contribution in [1.82, 2.24) is 14.5 Å². The lowest BCUT2D eigenvalue weighted by atomic mass is 9.96. The third-order valence-electron chi connectivity index (χ3n) is 9.19. The number of hydrogen-bond donors (Lipinski definition) is 1. The van der Waals surface area contributed by atoms with Crippen molar-refractivity contribution in [2.75, 3.05) is 62.8 Å². The monoisotopic (exact) mass is 594 g/mol. The Morgan fingerprint density at radius 2 is 1.59 bits per heavy atom. The fraction of sp³-hybridized carbons (Fsp3) is 0.444. The van der Waals surface area contributed by atoms with Gasteiger partial charge in [-0.15, -0.1) is 0 Å². The van der Waals surface area contributed by atoms with Crippen LogP contribution in [-0.2, 0) is 22.5 Å². The number of piperidine rings is 1. The van der Waals surface area contributed by atoms with Gasteiger partial charge in [0.05, 0.1) is 11.0 Å². The van der Waals surface area contributed by atoms with Gasteiger partial charge in [-0.25, -0.2) is 4.98 Å². The molecule has 2 aliphatic heterocycles. The number of nitrogens with two attached hydrogens (primary N) is 1. The number of imidazole rings is 1. The van der Waals surface area contributed by atoms with E-state index in [4.69, 9.17) is 15.5 Å². The summed E-state index contributed by atoms with van der Waals surface area (Å²) < 4.78 is 7.65. The number of carbonyl (C=O) groups excluding carboxylic acids is 1. The zero-order chi connectivity index (χ0) is 30.3. The van der Waals surface area contributed by atoms with E-state index in [0.29, 0.717) is 26.0 Å². The van der Waals surface area contributed by atoms with Gasteiger partial charge in [-0.2, -0.15) is 0 Å². The Balaban J connectivity index is 1.02. The second-order valence-corrected chi connectivity index (χ2v) is 12.3. The molecule has 8 heteroatoms. The van der Waals surface area contributed by atoms with Crippen molar-refractivity contribution in [3.8, 4) is 0 Å². The lowest BCUT2D eigenvalue weighted by Gasteiger charge is -2.37. The highest BCUT2D eigenvalue weighted by Crippen LogP contribution is 2.30. The molecule has 2 N–H and O–H groups in total. The molecule has 2 aliphatic rings. The van der Waals surface area contributed by atoms with Gasteiger partial charge < -0.3 is 29.7 Å². The van der Waals surface area contributed by atoms with Gasteiger partial charge in [0.1, 0.15) is 5.82 Å². The maximum Gasteiger partial charge on any atom is 0.224 e. The molecule has 1 amide bonds. The van der Waals surface area contributed by atoms with Crippen molar-refractivity contribution >= 4 is 28.3 Å². The normalized spacial score (nSPS) is 18.1. The maximum atomic E-state index is 13.4. The molecule has 0 radical (unpaired) electrons. The number of piperazine rings is 1. The number of likely N-dealkylation sites (tertiary alicyclic amines) is 1. The van der Waals surface area contributed by atoms with E-state index in [1.54, 1.807) is 7.11 Å². The SMILES string of the molecule is COCCCn1c(C2CCCN(C(=O)CC(N)Cc3ccc(N4CCN(c5ccccc5)CC4)cc3)C2)nc2ccccc21. The Bertz CT molecular complexity index is 1500. The van der Waals surface area contributed by atoms with Gasteiger partial charge in [0, 0.05) is 89.3 Å². The maximum absolute atomic E-state index is 13.4. The van der Waals surface area contributed by atoms with Crippen LogP contribution in [-0.4, -0.2) is 79.4 Å². The molecule has 44 heavy (non-hydrogen) atoms. The predicted octanol–water partition coefficient (Wildman–Crippen LogP) is 5.07. The number of benzene rings is 3. The summed E-state index contributed by atoms with van der Waals surface area (Å²) in [5.41, 5.74) is 12.5. The minimum absolute atomic E-state index is 0.150. The van der Waals surface area contributed by atoms with Crippen LogP contribution in [0.15, 0.2) is 78.9 Å². The van der Waals surface area contributed by atoms with Gasteiger partial charge in [-0.05, 0) is 67.6 Å². The van der Waals surface area contributed by atoms with Crippen LogP contribution in [0.3, 0.4) is 0 Å². The van der Waals surface area contributed by atoms with E-state index in [-0.39, 0.29) is 17.9 Å². The summed E-state index contributed by atoms with van der Waals surface area (Å²) in [6.45, 7) is 7.11. The number of rotatable bonds is 11. The Morgan fingerprint density at radius 1 is 0.909 bits per heavy atom. The molecule has 0 bridgehead atoms. The number of para-hydroxylation sites is 3. The molecule has 232 valence electrons. The zero-order valence-corrected chi connectivity index (χ0v) is 26.0. The molecule has 0 aliphatic carbocycles. The van der Waals surface area contributed by atoms with E-state index in [0.717, 1.165) is 75.4 Å². The highest BCUT2D eigenvalue weighted by Gasteiger charge is 2.29. The topological polar surface area (TPSA) is 79.9 Å². The van der Waals surface area contributed by atoms with E-state index in [1.807, 2.05) is 11.0 Å². The summed E-state index contributed by atoms with van der Waals surface area (Å²) in [5, 5.41) is 0. The summed E-state index contributed by atoms with van der Waals surface area (Å²) in [6, 6.07) is 27.5. The van der Waals surface area contributed by atoms with E-state index in [1.165, 1.54) is 16.9 Å². The van der Waals surface area contributed by atoms with Crippen molar-refractivity contribution in [3.05, 3.63) is 90.3 Å². The largest absolute Gasteiger partial charge is 0.385 e. The molecule has 2 fully saturated rings. The molecular weight excluding hydrogens is 548 g/mol. The molecule has 0 saturated carbocycles. The van der Waals surface area contributed by atoms with Gasteiger partial charge in [0.15, 0.2) is 0 Å². The smallest absolute Gasteiger partial charge is 0.224 e. The molecule has 8 nitrogen and oxygen atoms in total. The summed E-state index contributed by atoms with van der Waals surface area (Å²) in [4.78, 5) is 25.4. The van der Waals surface area contributed by atoms with E-state index >= 15 is 0 Å². The lowest BCUT2D eigenvalue weighted by Crippen LogP contribution is -2.46. The first-order valence-electron chi connectivity index (χ1n) is 16.2.